The molecule has 0 aliphatic carbocycles. The second kappa shape index (κ2) is 22.6. The van der Waals surface area contributed by atoms with Crippen LogP contribution in [0.15, 0.2) is 10.7 Å². The fourth-order valence-electron chi connectivity index (χ4n) is 4.54. The van der Waals surface area contributed by atoms with E-state index in [0.29, 0.717) is 0 Å². The summed E-state index contributed by atoms with van der Waals surface area (Å²) < 4.78 is 2.47. The fraction of sp³-hybridized carbons (Fsp3) is 0.923. The topological polar surface area (TPSA) is 0 Å². The minimum atomic E-state index is -0.949. The predicted octanol–water partition coefficient (Wildman–Crippen LogP) is 9.58. The first-order chi connectivity index (χ1) is 13.7. The molecule has 0 heterocycles. The van der Waals surface area contributed by atoms with Crippen LogP contribution in [0.4, 0.5) is 0 Å². The number of hydrogen-bond donors (Lipinski definition) is 0. The van der Waals surface area contributed by atoms with Gasteiger partial charge in [-0.3, -0.25) is 0 Å². The Kier molecular flexibility index (Phi) is 23.4. The number of hydrogen-bond acceptors (Lipinski definition) is 0. The molecule has 0 aliphatic heterocycles. The molecule has 0 atom stereocenters. The summed E-state index contributed by atoms with van der Waals surface area (Å²) in [6, 6.07) is 0. The number of rotatable bonds is 23. The van der Waals surface area contributed by atoms with E-state index in [4.69, 9.17) is 0 Å². The zero-order valence-electron chi connectivity index (χ0n) is 20.1. The van der Waals surface area contributed by atoms with E-state index in [9.17, 15) is 0 Å². The maximum absolute atomic E-state index is 4.26. The first-order valence-electron chi connectivity index (χ1n) is 13.1. The van der Waals surface area contributed by atoms with Gasteiger partial charge in [0.25, 0.3) is 0 Å². The van der Waals surface area contributed by atoms with Crippen molar-refractivity contribution in [1.29, 1.82) is 0 Å². The zero-order valence-corrected chi connectivity index (χ0v) is 24.0. The Bertz CT molecular complexity index is 275. The molecule has 0 nitrogen and oxygen atoms in total. The van der Waals surface area contributed by atoms with Crippen LogP contribution in [-0.2, 0) is 0 Å². The number of unbranched alkanes of at least 4 members (excludes halogenated alkanes) is 15. The molecule has 0 bridgehead atoms. The van der Waals surface area contributed by atoms with E-state index in [-0.39, 0.29) is 20.6 Å². The van der Waals surface area contributed by atoms with Gasteiger partial charge in [0, 0.05) is 0 Å². The Labute approximate surface area is 190 Å². The van der Waals surface area contributed by atoms with Crippen LogP contribution in [0.2, 0.25) is 0 Å². The zero-order chi connectivity index (χ0) is 20.8. The molecule has 0 aromatic rings. The molecule has 0 unspecified atom stereocenters. The molecular formula is C26H55PSn. The molecule has 168 valence electrons. The maximum atomic E-state index is 4.26. The summed E-state index contributed by atoms with van der Waals surface area (Å²) in [7, 11) is 0. The first kappa shape index (κ1) is 29.0. The average molecular weight is 517 g/mol. The summed E-state index contributed by atoms with van der Waals surface area (Å²) in [5.74, 6) is 0. The van der Waals surface area contributed by atoms with Crippen LogP contribution in [-0.4, -0.2) is 39.1 Å². The van der Waals surface area contributed by atoms with Crippen LogP contribution in [0.3, 0.4) is 0 Å². The van der Waals surface area contributed by atoms with Crippen LogP contribution >= 0.6 is 4.92 Å². The van der Waals surface area contributed by atoms with E-state index >= 15 is 0 Å². The Morgan fingerprint density at radius 2 is 0.786 bits per heavy atom. The van der Waals surface area contributed by atoms with Crippen molar-refractivity contribution in [3.05, 3.63) is 10.7 Å². The van der Waals surface area contributed by atoms with Crippen molar-refractivity contribution < 1.29 is 0 Å². The van der Waals surface area contributed by atoms with Crippen LogP contribution in [0, 0.1) is 0 Å². The van der Waals surface area contributed by atoms with E-state index in [1.54, 1.807) is 37.7 Å². The molecule has 0 fully saturated rings. The van der Waals surface area contributed by atoms with Gasteiger partial charge in [-0.25, -0.2) is 0 Å². The van der Waals surface area contributed by atoms with Gasteiger partial charge in [-0.15, -0.1) is 0 Å². The molecule has 0 amide bonds. The van der Waals surface area contributed by atoms with Gasteiger partial charge in [-0.05, 0) is 0 Å². The summed E-state index contributed by atoms with van der Waals surface area (Å²) in [4.78, 5) is -0.949. The normalized spacial score (nSPS) is 12.4. The van der Waals surface area contributed by atoms with Crippen molar-refractivity contribution >= 4 is 25.5 Å². The molecule has 28 heavy (non-hydrogen) atoms. The third-order valence-corrected chi connectivity index (χ3v) is 24.6. The van der Waals surface area contributed by atoms with Crippen molar-refractivity contribution in [2.45, 2.75) is 136 Å². The Morgan fingerprint density at radius 3 is 1.07 bits per heavy atom. The van der Waals surface area contributed by atoms with Crippen molar-refractivity contribution in [3.8, 4) is 0 Å². The molecule has 0 aromatic carbocycles. The van der Waals surface area contributed by atoms with E-state index in [1.807, 2.05) is 0 Å². The molecule has 0 saturated heterocycles. The van der Waals surface area contributed by atoms with E-state index < -0.39 is 4.92 Å². The summed E-state index contributed by atoms with van der Waals surface area (Å²) in [6.07, 6.45) is 31.6. The van der Waals surface area contributed by atoms with E-state index in [0.717, 1.165) is 0 Å². The van der Waals surface area contributed by atoms with E-state index in [1.165, 1.54) is 96.3 Å². The SMILES string of the molecule is C=[CH][Sn][PH](CCCCCCCC)(CCCCCCCC)CCCCCCCC. The van der Waals surface area contributed by atoms with Gasteiger partial charge in [0.1, 0.15) is 0 Å². The van der Waals surface area contributed by atoms with Crippen LogP contribution in [0.25, 0.3) is 0 Å². The van der Waals surface area contributed by atoms with Gasteiger partial charge in [-0.2, -0.15) is 0 Å². The standard InChI is InChI=1S/C24H51P.C2H3.Sn/c1-4-7-10-13-16-19-22-25(23-20-17-14-11-8-5-2)24-21-18-15-12-9-6-3;1-2;/h4-24H2,1-3H3;1H,2H2;/q;;-1/p+1. The quantitative estimate of drug-likeness (QED) is 0.0719. The van der Waals surface area contributed by atoms with Gasteiger partial charge in [-0.1, -0.05) is 0 Å². The Hall–Kier alpha value is 0.969. The van der Waals surface area contributed by atoms with Crippen molar-refractivity contribution in [1.82, 2.24) is 0 Å². The second-order valence-electron chi connectivity index (χ2n) is 9.18. The molecule has 2 radical (unpaired) electrons. The molecule has 0 N–H and O–H groups in total. The second-order valence-corrected chi connectivity index (χ2v) is 26.3. The average Bonchev–Trinajstić information content (AvgIpc) is 2.70. The van der Waals surface area contributed by atoms with Crippen molar-refractivity contribution in [2.75, 3.05) is 18.5 Å². The van der Waals surface area contributed by atoms with Gasteiger partial charge in [0.15, 0.2) is 0 Å². The van der Waals surface area contributed by atoms with Gasteiger partial charge < -0.3 is 0 Å². The molecule has 0 aromatic heterocycles. The molecule has 0 rings (SSSR count). The summed E-state index contributed by atoms with van der Waals surface area (Å²) in [5, 5.41) is 0. The van der Waals surface area contributed by atoms with Crippen molar-refractivity contribution in [3.63, 3.8) is 0 Å². The minimum absolute atomic E-state index is 0.312. The van der Waals surface area contributed by atoms with Crippen molar-refractivity contribution in [2.24, 2.45) is 0 Å². The van der Waals surface area contributed by atoms with Gasteiger partial charge in [0.05, 0.1) is 0 Å². The third kappa shape index (κ3) is 17.8. The van der Waals surface area contributed by atoms with Crippen LogP contribution in [0.5, 0.6) is 0 Å². The van der Waals surface area contributed by atoms with E-state index in [2.05, 4.69) is 31.4 Å². The summed E-state index contributed by atoms with van der Waals surface area (Å²) >= 11 is -0.312. The monoisotopic (exact) mass is 518 g/mol. The first-order valence-corrected chi connectivity index (χ1v) is 21.7. The molecule has 0 saturated carbocycles. The molecular weight excluding hydrogens is 462 g/mol. The third-order valence-electron chi connectivity index (χ3n) is 6.43. The predicted molar refractivity (Wildman–Crippen MR) is 139 cm³/mol. The molecule has 2 heteroatoms. The summed E-state index contributed by atoms with van der Waals surface area (Å²) in [6.45, 7) is 11.2. The van der Waals surface area contributed by atoms with Crippen LogP contribution in [0.1, 0.15) is 136 Å². The fourth-order valence-corrected chi connectivity index (χ4v) is 20.9. The summed E-state index contributed by atoms with van der Waals surface area (Å²) in [5.41, 5.74) is 0. The van der Waals surface area contributed by atoms with Gasteiger partial charge in [0.2, 0.25) is 0 Å². The van der Waals surface area contributed by atoms with Crippen LogP contribution < -0.4 is 0 Å². The molecule has 0 aliphatic rings. The van der Waals surface area contributed by atoms with Gasteiger partial charge >= 0.3 is 191 Å². The Morgan fingerprint density at radius 1 is 0.500 bits per heavy atom. The molecule has 0 spiro atoms. The Balaban J connectivity index is 4.41.